The number of aromatic nitrogens is 2. The fourth-order valence-corrected chi connectivity index (χ4v) is 1.93. The Balaban J connectivity index is 2.20. The zero-order chi connectivity index (χ0) is 9.10. The zero-order valence-electron chi connectivity index (χ0n) is 7.49. The van der Waals surface area contributed by atoms with E-state index in [1.54, 1.807) is 0 Å². The van der Waals surface area contributed by atoms with E-state index in [1.807, 2.05) is 6.07 Å². The van der Waals surface area contributed by atoms with Crippen LogP contribution in [0.2, 0.25) is 0 Å². The van der Waals surface area contributed by atoms with Crippen molar-refractivity contribution in [3.8, 4) is 0 Å². The maximum Gasteiger partial charge on any atom is 0.129 e. The highest BCUT2D eigenvalue weighted by Gasteiger charge is 2.01. The third-order valence-electron chi connectivity index (χ3n) is 2.04. The van der Waals surface area contributed by atoms with E-state index < -0.39 is 0 Å². The van der Waals surface area contributed by atoms with E-state index in [-0.39, 0.29) is 0 Å². The Morgan fingerprint density at radius 2 is 2.08 bits per heavy atom. The Kier molecular flexibility index (Phi) is 2.42. The van der Waals surface area contributed by atoms with Gasteiger partial charge in [0, 0.05) is 12.1 Å². The fraction of sp³-hybridized carbons (Fsp3) is 0.200. The van der Waals surface area contributed by atoms with Crippen molar-refractivity contribution in [2.24, 2.45) is 0 Å². The minimum atomic E-state index is 0.937. The van der Waals surface area contributed by atoms with Gasteiger partial charge < -0.3 is 4.75 Å². The van der Waals surface area contributed by atoms with Gasteiger partial charge in [-0.05, 0) is 12.5 Å². The molecular weight excluding hydrogens is 179 g/mol. The molecule has 0 aliphatic rings. The minimum absolute atomic E-state index is 0.937. The smallest absolute Gasteiger partial charge is 0.129 e. The van der Waals surface area contributed by atoms with Gasteiger partial charge in [-0.1, -0.05) is 30.3 Å². The second-order valence-corrected chi connectivity index (χ2v) is 3.67. The van der Waals surface area contributed by atoms with Gasteiger partial charge in [-0.2, -0.15) is 0 Å². The van der Waals surface area contributed by atoms with Crippen LogP contribution in [0.5, 0.6) is 0 Å². The Morgan fingerprint density at radius 1 is 1.31 bits per heavy atom. The van der Waals surface area contributed by atoms with Gasteiger partial charge in [-0.3, -0.25) is 0 Å². The molecule has 1 N–H and O–H groups in total. The molecule has 0 bridgehead atoms. The number of nitrogens with zero attached hydrogens (tertiary/aromatic N) is 1. The van der Waals surface area contributed by atoms with Crippen LogP contribution in [0.4, 0.5) is 0 Å². The first-order valence-corrected chi connectivity index (χ1v) is 5.11. The summed E-state index contributed by atoms with van der Waals surface area (Å²) < 4.78 is 7.53. The number of aryl methyl sites for hydroxylation is 1. The normalized spacial score (nSPS) is 10.8. The van der Waals surface area contributed by atoms with Crippen LogP contribution in [-0.2, 0) is 6.42 Å². The predicted molar refractivity (Wildman–Crippen MR) is 55.1 cm³/mol. The molecule has 3 heteroatoms. The van der Waals surface area contributed by atoms with Crippen molar-refractivity contribution in [1.82, 2.24) is 9.49 Å². The number of nitrogens with one attached hydrogen (secondary N) is 1. The van der Waals surface area contributed by atoms with Crippen molar-refractivity contribution in [3.05, 3.63) is 47.3 Å². The first-order valence-electron chi connectivity index (χ1n) is 4.27. The van der Waals surface area contributed by atoms with Gasteiger partial charge in [-0.15, -0.1) is 0 Å². The number of hydrogen-bond acceptors (Lipinski definition) is 1. The summed E-state index contributed by atoms with van der Waals surface area (Å²) >= 11 is 0. The fourth-order valence-electron chi connectivity index (χ4n) is 1.26. The quantitative estimate of drug-likeness (QED) is 0.774. The van der Waals surface area contributed by atoms with Crippen LogP contribution in [0, 0.1) is 6.92 Å². The molecule has 0 unspecified atom stereocenters. The molecule has 0 radical (unpaired) electrons. The second-order valence-electron chi connectivity index (χ2n) is 3.05. The highest BCUT2D eigenvalue weighted by molar-refractivity contribution is 7.20. The molecule has 1 aromatic heterocycles. The molecule has 2 rings (SSSR count). The van der Waals surface area contributed by atoms with Gasteiger partial charge in [0.05, 0.1) is 5.69 Å². The van der Waals surface area contributed by atoms with Crippen LogP contribution in [0.3, 0.4) is 0 Å². The summed E-state index contributed by atoms with van der Waals surface area (Å²) in [5.41, 5.74) is 3.69. The van der Waals surface area contributed by atoms with Crippen molar-refractivity contribution >= 4 is 8.51 Å². The Morgan fingerprint density at radius 3 is 2.69 bits per heavy atom. The largest absolute Gasteiger partial charge is 0.325 e. The summed E-state index contributed by atoms with van der Waals surface area (Å²) in [5.74, 6) is 0. The molecule has 0 spiro atoms. The molecule has 0 saturated heterocycles. The van der Waals surface area contributed by atoms with E-state index in [4.69, 9.17) is 0 Å². The number of rotatable bonds is 2. The summed E-state index contributed by atoms with van der Waals surface area (Å²) in [6.07, 6.45) is 0.937. The lowest BCUT2D eigenvalue weighted by molar-refractivity contribution is 1.08. The topological polar surface area (TPSA) is 28.7 Å². The number of benzene rings is 1. The van der Waals surface area contributed by atoms with Crippen LogP contribution in [0.15, 0.2) is 30.3 Å². The van der Waals surface area contributed by atoms with E-state index in [0.717, 1.165) is 14.9 Å². The summed E-state index contributed by atoms with van der Waals surface area (Å²) in [4.78, 5) is 0. The average Bonchev–Trinajstić information content (AvgIpc) is 2.54. The van der Waals surface area contributed by atoms with E-state index in [9.17, 15) is 0 Å². The monoisotopic (exact) mass is 190 g/mol. The molecule has 0 fully saturated rings. The van der Waals surface area contributed by atoms with Crippen LogP contribution >= 0.6 is 8.51 Å². The van der Waals surface area contributed by atoms with E-state index in [0.29, 0.717) is 0 Å². The first kappa shape index (κ1) is 8.46. The highest BCUT2D eigenvalue weighted by Crippen LogP contribution is 2.12. The van der Waals surface area contributed by atoms with Gasteiger partial charge in [0.2, 0.25) is 0 Å². The van der Waals surface area contributed by atoms with Crippen molar-refractivity contribution in [3.63, 3.8) is 0 Å². The summed E-state index contributed by atoms with van der Waals surface area (Å²) in [6.45, 7) is 2.07. The average molecular weight is 190 g/mol. The maximum absolute atomic E-state index is 4.35. The standard InChI is InChI=1S/C10H11N2P/c1-8-10(12-13-11-8)7-9-5-3-2-4-6-9/h2-6H,7H2,1H3,(H,11,12). The molecule has 0 atom stereocenters. The Bertz CT molecular complexity index is 381. The van der Waals surface area contributed by atoms with Gasteiger partial charge in [0.15, 0.2) is 0 Å². The van der Waals surface area contributed by atoms with Gasteiger partial charge in [-0.25, -0.2) is 4.75 Å². The molecule has 1 aromatic carbocycles. The van der Waals surface area contributed by atoms with Crippen molar-refractivity contribution in [2.75, 3.05) is 0 Å². The SMILES string of the molecule is Cc1[nH]pnc1Cc1ccccc1. The van der Waals surface area contributed by atoms with Gasteiger partial charge in [0.25, 0.3) is 0 Å². The molecular formula is C10H11N2P. The maximum atomic E-state index is 4.35. The lowest BCUT2D eigenvalue weighted by Crippen LogP contribution is -1.90. The van der Waals surface area contributed by atoms with Gasteiger partial charge >= 0.3 is 0 Å². The van der Waals surface area contributed by atoms with Crippen LogP contribution < -0.4 is 0 Å². The molecule has 2 aromatic rings. The molecule has 0 saturated carbocycles. The third-order valence-corrected chi connectivity index (χ3v) is 2.81. The first-order chi connectivity index (χ1) is 6.36. The third kappa shape index (κ3) is 1.96. The molecule has 1 heterocycles. The number of H-pyrrole nitrogens is 1. The van der Waals surface area contributed by atoms with Crippen molar-refractivity contribution < 1.29 is 0 Å². The minimum Gasteiger partial charge on any atom is -0.325 e. The molecule has 0 aliphatic carbocycles. The molecule has 0 amide bonds. The van der Waals surface area contributed by atoms with E-state index in [2.05, 4.69) is 40.7 Å². The Hall–Kier alpha value is -1.14. The summed E-state index contributed by atoms with van der Waals surface area (Å²) in [7, 11) is 0.966. The second kappa shape index (κ2) is 3.71. The van der Waals surface area contributed by atoms with Crippen LogP contribution in [0.25, 0.3) is 0 Å². The van der Waals surface area contributed by atoms with Crippen LogP contribution in [-0.4, -0.2) is 9.49 Å². The van der Waals surface area contributed by atoms with E-state index in [1.165, 1.54) is 17.0 Å². The van der Waals surface area contributed by atoms with Crippen molar-refractivity contribution in [1.29, 1.82) is 0 Å². The summed E-state index contributed by atoms with van der Waals surface area (Å²) in [5, 5.41) is 0. The van der Waals surface area contributed by atoms with Crippen LogP contribution in [0.1, 0.15) is 17.0 Å². The summed E-state index contributed by atoms with van der Waals surface area (Å²) in [6, 6.07) is 10.4. The molecule has 0 aliphatic heterocycles. The number of aromatic amines is 1. The predicted octanol–water partition coefficient (Wildman–Crippen LogP) is 2.89. The Labute approximate surface area is 79.3 Å². The molecule has 13 heavy (non-hydrogen) atoms. The molecule has 2 nitrogen and oxygen atoms in total. The number of hydrogen-bond donors (Lipinski definition) is 1. The van der Waals surface area contributed by atoms with Crippen molar-refractivity contribution in [2.45, 2.75) is 13.3 Å². The zero-order valence-corrected chi connectivity index (χ0v) is 8.38. The highest BCUT2D eigenvalue weighted by atomic mass is 31.1. The van der Waals surface area contributed by atoms with E-state index >= 15 is 0 Å². The van der Waals surface area contributed by atoms with Gasteiger partial charge in [0.1, 0.15) is 8.51 Å². The lowest BCUT2D eigenvalue weighted by atomic mass is 10.1. The lowest BCUT2D eigenvalue weighted by Gasteiger charge is -1.97. The molecule has 66 valence electrons.